The van der Waals surface area contributed by atoms with Gasteiger partial charge in [-0.2, -0.15) is 0 Å². The number of benzene rings is 3. The standard InChI is InChI=1S/C27H27ClN2O2S/c28-22-11-12-25-24(19-22)29-27(32-25)33-18-17-30-15-13-23(14-16-30)31-26(20-7-3-1-4-8-20)21-9-5-2-6-10-21/h1-12,19,23,26H,13-18H2. The van der Waals surface area contributed by atoms with Crippen molar-refractivity contribution in [3.63, 3.8) is 0 Å². The van der Waals surface area contributed by atoms with E-state index < -0.39 is 0 Å². The first kappa shape index (κ1) is 22.5. The van der Waals surface area contributed by atoms with Crippen LogP contribution in [0, 0.1) is 0 Å². The number of rotatable bonds is 8. The van der Waals surface area contributed by atoms with E-state index in [0.29, 0.717) is 10.2 Å². The molecule has 0 atom stereocenters. The molecule has 6 heteroatoms. The van der Waals surface area contributed by atoms with Crippen molar-refractivity contribution in [2.45, 2.75) is 30.3 Å². The maximum atomic E-state index is 6.66. The van der Waals surface area contributed by atoms with Crippen LogP contribution in [0.1, 0.15) is 30.1 Å². The first-order valence-corrected chi connectivity index (χ1v) is 12.8. The second kappa shape index (κ2) is 10.7. The van der Waals surface area contributed by atoms with Crippen LogP contribution in [0.4, 0.5) is 0 Å². The second-order valence-corrected chi connectivity index (χ2v) is 9.80. The normalized spacial score (nSPS) is 15.5. The largest absolute Gasteiger partial charge is 0.431 e. The molecule has 170 valence electrons. The smallest absolute Gasteiger partial charge is 0.256 e. The molecule has 0 unspecified atom stereocenters. The number of oxazole rings is 1. The van der Waals surface area contributed by atoms with Crippen LogP contribution in [-0.4, -0.2) is 41.4 Å². The molecule has 5 rings (SSSR count). The summed E-state index contributed by atoms with van der Waals surface area (Å²) in [5.74, 6) is 0.947. The van der Waals surface area contributed by atoms with Crippen molar-refractivity contribution in [2.24, 2.45) is 0 Å². The van der Waals surface area contributed by atoms with Crippen LogP contribution in [-0.2, 0) is 4.74 Å². The van der Waals surface area contributed by atoms with Crippen LogP contribution in [0.5, 0.6) is 0 Å². The number of ether oxygens (including phenoxy) is 1. The van der Waals surface area contributed by atoms with E-state index in [1.807, 2.05) is 18.2 Å². The number of hydrogen-bond acceptors (Lipinski definition) is 5. The highest BCUT2D eigenvalue weighted by Crippen LogP contribution is 2.30. The number of nitrogens with zero attached hydrogens (tertiary/aromatic N) is 2. The monoisotopic (exact) mass is 478 g/mol. The van der Waals surface area contributed by atoms with Gasteiger partial charge in [0.1, 0.15) is 11.6 Å². The van der Waals surface area contributed by atoms with E-state index in [4.69, 9.17) is 20.8 Å². The highest BCUT2D eigenvalue weighted by Gasteiger charge is 2.24. The quantitative estimate of drug-likeness (QED) is 0.259. The van der Waals surface area contributed by atoms with Crippen LogP contribution in [0.25, 0.3) is 11.1 Å². The lowest BCUT2D eigenvalue weighted by Gasteiger charge is -2.34. The molecule has 4 aromatic rings. The van der Waals surface area contributed by atoms with Crippen LogP contribution < -0.4 is 0 Å². The van der Waals surface area contributed by atoms with E-state index in [1.165, 1.54) is 11.1 Å². The van der Waals surface area contributed by atoms with Crippen molar-refractivity contribution in [1.82, 2.24) is 9.88 Å². The minimum atomic E-state index is -0.0211. The molecule has 0 saturated carbocycles. The first-order valence-electron chi connectivity index (χ1n) is 11.4. The van der Waals surface area contributed by atoms with Gasteiger partial charge in [0.2, 0.25) is 0 Å². The summed E-state index contributed by atoms with van der Waals surface area (Å²) in [6, 6.07) is 26.6. The van der Waals surface area contributed by atoms with Gasteiger partial charge in [-0.25, -0.2) is 4.98 Å². The van der Waals surface area contributed by atoms with Crippen LogP contribution >= 0.6 is 23.4 Å². The Hall–Kier alpha value is -2.31. The van der Waals surface area contributed by atoms with Gasteiger partial charge in [0.25, 0.3) is 5.22 Å². The van der Waals surface area contributed by atoms with Crippen LogP contribution in [0.3, 0.4) is 0 Å². The third-order valence-corrected chi connectivity index (χ3v) is 7.07. The molecule has 4 nitrogen and oxygen atoms in total. The summed E-state index contributed by atoms with van der Waals surface area (Å²) < 4.78 is 12.5. The van der Waals surface area contributed by atoms with Crippen molar-refractivity contribution in [1.29, 1.82) is 0 Å². The van der Waals surface area contributed by atoms with E-state index in [-0.39, 0.29) is 12.2 Å². The van der Waals surface area contributed by atoms with Crippen molar-refractivity contribution in [3.05, 3.63) is 95.0 Å². The van der Waals surface area contributed by atoms with Crippen LogP contribution in [0.15, 0.2) is 88.5 Å². The van der Waals surface area contributed by atoms with Gasteiger partial charge in [-0.05, 0) is 42.2 Å². The predicted molar refractivity (Wildman–Crippen MR) is 135 cm³/mol. The molecular formula is C27H27ClN2O2S. The van der Waals surface area contributed by atoms with E-state index in [0.717, 1.165) is 49.3 Å². The van der Waals surface area contributed by atoms with Gasteiger partial charge < -0.3 is 14.1 Å². The van der Waals surface area contributed by atoms with Crippen molar-refractivity contribution >= 4 is 34.5 Å². The summed E-state index contributed by atoms with van der Waals surface area (Å²) in [6.45, 7) is 3.10. The Kier molecular flexibility index (Phi) is 7.32. The SMILES string of the molecule is Clc1ccc2oc(SCCN3CCC(OC(c4ccccc4)c4ccccc4)CC3)nc2c1. The van der Waals surface area contributed by atoms with Gasteiger partial charge in [0, 0.05) is 30.4 Å². The van der Waals surface area contributed by atoms with Crippen LogP contribution in [0.2, 0.25) is 5.02 Å². The Morgan fingerprint density at radius 2 is 1.64 bits per heavy atom. The average Bonchev–Trinajstić information content (AvgIpc) is 3.26. The summed E-state index contributed by atoms with van der Waals surface area (Å²) in [5.41, 5.74) is 4.02. The molecule has 1 fully saturated rings. The third-order valence-electron chi connectivity index (χ3n) is 6.03. The Labute approximate surface area is 203 Å². The molecule has 1 aromatic heterocycles. The van der Waals surface area contributed by atoms with Gasteiger partial charge in [0.15, 0.2) is 5.58 Å². The Bertz CT molecular complexity index is 1120. The van der Waals surface area contributed by atoms with E-state index >= 15 is 0 Å². The lowest BCUT2D eigenvalue weighted by molar-refractivity contribution is -0.0260. The Morgan fingerprint density at radius 1 is 0.970 bits per heavy atom. The molecule has 0 radical (unpaired) electrons. The summed E-state index contributed by atoms with van der Waals surface area (Å²) in [7, 11) is 0. The molecule has 1 saturated heterocycles. The van der Waals surface area contributed by atoms with Gasteiger partial charge in [-0.15, -0.1) is 0 Å². The minimum absolute atomic E-state index is 0.0211. The van der Waals surface area contributed by atoms with E-state index in [1.54, 1.807) is 11.8 Å². The topological polar surface area (TPSA) is 38.5 Å². The zero-order valence-corrected chi connectivity index (χ0v) is 20.0. The number of aromatic nitrogens is 1. The molecule has 0 bridgehead atoms. The molecule has 1 aliphatic rings. The third kappa shape index (κ3) is 5.79. The molecule has 0 N–H and O–H groups in total. The molecule has 2 heterocycles. The fourth-order valence-electron chi connectivity index (χ4n) is 4.27. The maximum Gasteiger partial charge on any atom is 0.256 e. The number of likely N-dealkylation sites (tertiary alicyclic amines) is 1. The number of fused-ring (bicyclic) bond motifs is 1. The van der Waals surface area contributed by atoms with Gasteiger partial charge in [-0.1, -0.05) is 84.0 Å². The van der Waals surface area contributed by atoms with E-state index in [2.05, 4.69) is 70.5 Å². The van der Waals surface area contributed by atoms with Crippen molar-refractivity contribution in [3.8, 4) is 0 Å². The summed E-state index contributed by atoms with van der Waals surface area (Å²) in [5, 5.41) is 1.39. The zero-order valence-electron chi connectivity index (χ0n) is 18.4. The number of halogens is 1. The molecule has 0 aliphatic carbocycles. The summed E-state index contributed by atoms with van der Waals surface area (Å²) in [6.07, 6.45) is 2.33. The van der Waals surface area contributed by atoms with Gasteiger partial charge >= 0.3 is 0 Å². The summed E-state index contributed by atoms with van der Waals surface area (Å²) in [4.78, 5) is 7.04. The Morgan fingerprint density at radius 3 is 2.30 bits per heavy atom. The zero-order chi connectivity index (χ0) is 22.5. The molecule has 33 heavy (non-hydrogen) atoms. The second-order valence-electron chi connectivity index (χ2n) is 8.32. The van der Waals surface area contributed by atoms with Crippen molar-refractivity contribution < 1.29 is 9.15 Å². The lowest BCUT2D eigenvalue weighted by Crippen LogP contribution is -2.38. The number of piperidine rings is 1. The Balaban J connectivity index is 1.12. The molecular weight excluding hydrogens is 452 g/mol. The molecule has 0 spiro atoms. The van der Waals surface area contributed by atoms with E-state index in [9.17, 15) is 0 Å². The van der Waals surface area contributed by atoms with Crippen molar-refractivity contribution in [2.75, 3.05) is 25.4 Å². The fraction of sp³-hybridized carbons (Fsp3) is 0.296. The predicted octanol–water partition coefficient (Wildman–Crippen LogP) is 6.84. The number of thioether (sulfide) groups is 1. The highest BCUT2D eigenvalue weighted by molar-refractivity contribution is 7.99. The molecule has 1 aliphatic heterocycles. The summed E-state index contributed by atoms with van der Waals surface area (Å²) >= 11 is 7.70. The number of hydrogen-bond donors (Lipinski definition) is 0. The fourth-order valence-corrected chi connectivity index (χ4v) is 5.27. The van der Waals surface area contributed by atoms with Gasteiger partial charge in [0.05, 0.1) is 6.10 Å². The highest BCUT2D eigenvalue weighted by atomic mass is 35.5. The molecule has 3 aromatic carbocycles. The average molecular weight is 479 g/mol. The first-order chi connectivity index (χ1) is 16.2. The minimum Gasteiger partial charge on any atom is -0.431 e. The van der Waals surface area contributed by atoms with Gasteiger partial charge in [-0.3, -0.25) is 0 Å². The lowest BCUT2D eigenvalue weighted by atomic mass is 10.00. The molecule has 0 amide bonds. The maximum absolute atomic E-state index is 6.66.